The van der Waals surface area contributed by atoms with E-state index in [1.807, 2.05) is 37.4 Å². The minimum absolute atomic E-state index is 0.00360. The summed E-state index contributed by atoms with van der Waals surface area (Å²) in [5, 5.41) is 4.90. The van der Waals surface area contributed by atoms with E-state index in [2.05, 4.69) is 17.3 Å². The van der Waals surface area contributed by atoms with Crippen molar-refractivity contribution >= 4 is 28.3 Å². The van der Waals surface area contributed by atoms with Crippen LogP contribution >= 0.6 is 0 Å². The fourth-order valence-corrected chi connectivity index (χ4v) is 5.46. The van der Waals surface area contributed by atoms with E-state index < -0.39 is 0 Å². The average Bonchev–Trinajstić information content (AvgIpc) is 2.66. The Bertz CT molecular complexity index is 918. The average molecular weight is 363 g/mol. The molecule has 5 rings (SSSR count). The van der Waals surface area contributed by atoms with Crippen LogP contribution in [0.5, 0.6) is 0 Å². The van der Waals surface area contributed by atoms with Gasteiger partial charge in [0.1, 0.15) is 0 Å². The highest BCUT2D eigenvalue weighted by Gasteiger charge is 2.44. The first-order chi connectivity index (χ1) is 13.1. The van der Waals surface area contributed by atoms with Crippen molar-refractivity contribution in [3.63, 3.8) is 0 Å². The van der Waals surface area contributed by atoms with E-state index in [0.29, 0.717) is 23.2 Å². The van der Waals surface area contributed by atoms with Gasteiger partial charge in [0.15, 0.2) is 0 Å². The molecule has 1 N–H and O–H groups in total. The van der Waals surface area contributed by atoms with Gasteiger partial charge < -0.3 is 10.2 Å². The van der Waals surface area contributed by atoms with Crippen molar-refractivity contribution in [3.8, 4) is 0 Å². The fourth-order valence-electron chi connectivity index (χ4n) is 5.46. The quantitative estimate of drug-likeness (QED) is 0.830. The SMILES string of the molecule is CNc1ccc2c3c(cccc13)C(=O)N([C@@H]1C[C@H]3CCC[C@@H](C1)N3C)C2=O. The molecule has 2 aromatic rings. The van der Waals surface area contributed by atoms with Gasteiger partial charge in [-0.25, -0.2) is 0 Å². The van der Waals surface area contributed by atoms with Crippen molar-refractivity contribution in [2.24, 2.45) is 0 Å². The van der Waals surface area contributed by atoms with Gasteiger partial charge in [0, 0.05) is 52.8 Å². The highest BCUT2D eigenvalue weighted by Crippen LogP contribution is 2.39. The lowest BCUT2D eigenvalue weighted by Crippen LogP contribution is -2.58. The molecule has 2 fully saturated rings. The lowest BCUT2D eigenvalue weighted by atomic mass is 9.80. The number of benzene rings is 2. The summed E-state index contributed by atoms with van der Waals surface area (Å²) in [7, 11) is 4.06. The van der Waals surface area contributed by atoms with E-state index in [0.717, 1.165) is 42.1 Å². The smallest absolute Gasteiger partial charge is 0.261 e. The number of carbonyl (C=O) groups is 2. The molecule has 0 radical (unpaired) electrons. The van der Waals surface area contributed by atoms with E-state index in [1.165, 1.54) is 6.42 Å². The lowest BCUT2D eigenvalue weighted by molar-refractivity contribution is 0.0108. The molecule has 140 valence electrons. The van der Waals surface area contributed by atoms with E-state index in [-0.39, 0.29) is 17.9 Å². The Labute approximate surface area is 159 Å². The van der Waals surface area contributed by atoms with Crippen LogP contribution in [0.2, 0.25) is 0 Å². The molecule has 2 aromatic carbocycles. The number of anilines is 1. The zero-order valence-electron chi connectivity index (χ0n) is 15.9. The predicted molar refractivity (Wildman–Crippen MR) is 106 cm³/mol. The number of rotatable bonds is 2. The van der Waals surface area contributed by atoms with Crippen LogP contribution in [-0.4, -0.2) is 53.8 Å². The number of carbonyl (C=O) groups excluding carboxylic acids is 2. The molecule has 2 amide bonds. The molecule has 27 heavy (non-hydrogen) atoms. The molecular formula is C22H25N3O2. The lowest BCUT2D eigenvalue weighted by Gasteiger charge is -2.49. The minimum atomic E-state index is -0.126. The van der Waals surface area contributed by atoms with Gasteiger partial charge in [0.2, 0.25) is 0 Å². The van der Waals surface area contributed by atoms with Gasteiger partial charge in [-0.3, -0.25) is 14.5 Å². The van der Waals surface area contributed by atoms with Crippen molar-refractivity contribution in [2.45, 2.75) is 50.2 Å². The maximum atomic E-state index is 13.4. The molecule has 3 aliphatic heterocycles. The van der Waals surface area contributed by atoms with Crippen molar-refractivity contribution < 1.29 is 9.59 Å². The molecule has 0 aliphatic carbocycles. The van der Waals surface area contributed by atoms with Crippen molar-refractivity contribution in [2.75, 3.05) is 19.4 Å². The van der Waals surface area contributed by atoms with Crippen LogP contribution in [0, 0.1) is 0 Å². The summed E-state index contributed by atoms with van der Waals surface area (Å²) in [6, 6.07) is 10.5. The predicted octanol–water partition coefficient (Wildman–Crippen LogP) is 3.49. The molecule has 3 heterocycles. The number of hydrogen-bond acceptors (Lipinski definition) is 4. The number of fused-ring (bicyclic) bond motifs is 2. The Hall–Kier alpha value is -2.40. The third kappa shape index (κ3) is 2.34. The number of piperidine rings is 2. The van der Waals surface area contributed by atoms with Crippen molar-refractivity contribution in [1.29, 1.82) is 0 Å². The summed E-state index contributed by atoms with van der Waals surface area (Å²) in [5.41, 5.74) is 2.25. The monoisotopic (exact) mass is 363 g/mol. The number of nitrogens with zero attached hydrogens (tertiary/aromatic N) is 2. The maximum Gasteiger partial charge on any atom is 0.261 e. The van der Waals surface area contributed by atoms with Gasteiger partial charge in [-0.05, 0) is 50.9 Å². The second-order valence-corrected chi connectivity index (χ2v) is 8.15. The van der Waals surface area contributed by atoms with Gasteiger partial charge in [-0.2, -0.15) is 0 Å². The van der Waals surface area contributed by atoms with Crippen LogP contribution < -0.4 is 5.32 Å². The van der Waals surface area contributed by atoms with Crippen molar-refractivity contribution in [3.05, 3.63) is 41.5 Å². The minimum Gasteiger partial charge on any atom is -0.388 e. The summed E-state index contributed by atoms with van der Waals surface area (Å²) in [6.45, 7) is 0. The van der Waals surface area contributed by atoms with Gasteiger partial charge in [-0.15, -0.1) is 0 Å². The Morgan fingerprint density at radius 1 is 0.926 bits per heavy atom. The third-order valence-corrected chi connectivity index (χ3v) is 6.89. The zero-order valence-corrected chi connectivity index (χ0v) is 15.9. The summed E-state index contributed by atoms with van der Waals surface area (Å²) in [4.78, 5) is 30.8. The van der Waals surface area contributed by atoms with Gasteiger partial charge in [-0.1, -0.05) is 18.6 Å². The van der Waals surface area contributed by atoms with E-state index in [4.69, 9.17) is 0 Å². The third-order valence-electron chi connectivity index (χ3n) is 6.89. The number of imide groups is 1. The molecule has 0 spiro atoms. The fraction of sp³-hybridized carbons (Fsp3) is 0.455. The number of amides is 2. The molecule has 0 unspecified atom stereocenters. The Kier molecular flexibility index (Phi) is 3.76. The zero-order chi connectivity index (χ0) is 18.7. The first kappa shape index (κ1) is 16.8. The highest BCUT2D eigenvalue weighted by molar-refractivity contribution is 6.26. The summed E-state index contributed by atoms with van der Waals surface area (Å²) in [5.74, 6) is -0.252. The van der Waals surface area contributed by atoms with Gasteiger partial charge in [0.25, 0.3) is 11.8 Å². The van der Waals surface area contributed by atoms with Crippen LogP contribution in [0.3, 0.4) is 0 Å². The van der Waals surface area contributed by atoms with Crippen LogP contribution in [0.1, 0.15) is 52.8 Å². The van der Waals surface area contributed by atoms with Crippen LogP contribution in [0.4, 0.5) is 5.69 Å². The molecule has 5 heteroatoms. The first-order valence-corrected chi connectivity index (χ1v) is 9.93. The molecule has 3 aliphatic rings. The standard InChI is InChI=1S/C22H25N3O2/c1-23-19-10-9-18-20-16(19)7-4-8-17(20)21(26)25(22(18)27)15-11-13-5-3-6-14(12-15)24(13)2/h4,7-10,13-15,23H,3,5-6,11-12H2,1-2H3/t13-,14+,15-. The molecule has 0 saturated carbocycles. The molecule has 0 aromatic heterocycles. The Morgan fingerprint density at radius 3 is 2.26 bits per heavy atom. The summed E-state index contributed by atoms with van der Waals surface area (Å²) in [6.07, 6.45) is 5.37. The highest BCUT2D eigenvalue weighted by atomic mass is 16.2. The molecule has 2 bridgehead atoms. The molecule has 3 atom stereocenters. The largest absolute Gasteiger partial charge is 0.388 e. The van der Waals surface area contributed by atoms with Crippen LogP contribution in [0.25, 0.3) is 10.8 Å². The van der Waals surface area contributed by atoms with E-state index >= 15 is 0 Å². The van der Waals surface area contributed by atoms with Crippen LogP contribution in [0.15, 0.2) is 30.3 Å². The summed E-state index contributed by atoms with van der Waals surface area (Å²) < 4.78 is 0. The first-order valence-electron chi connectivity index (χ1n) is 9.93. The Morgan fingerprint density at radius 2 is 1.59 bits per heavy atom. The number of hydrogen-bond donors (Lipinski definition) is 1. The van der Waals surface area contributed by atoms with Gasteiger partial charge in [0.05, 0.1) is 0 Å². The van der Waals surface area contributed by atoms with Gasteiger partial charge >= 0.3 is 0 Å². The van der Waals surface area contributed by atoms with Crippen LogP contribution in [-0.2, 0) is 0 Å². The summed E-state index contributed by atoms with van der Waals surface area (Å²) >= 11 is 0. The van der Waals surface area contributed by atoms with Crippen molar-refractivity contribution in [1.82, 2.24) is 9.80 Å². The topological polar surface area (TPSA) is 52.7 Å². The van der Waals surface area contributed by atoms with E-state index in [1.54, 1.807) is 4.90 Å². The molecule has 2 saturated heterocycles. The molecule has 5 nitrogen and oxygen atoms in total. The Balaban J connectivity index is 1.59. The molecular weight excluding hydrogens is 338 g/mol. The number of nitrogens with one attached hydrogen (secondary N) is 1. The maximum absolute atomic E-state index is 13.4. The second kappa shape index (κ2) is 6.06. The normalized spacial score (nSPS) is 27.9. The second-order valence-electron chi connectivity index (χ2n) is 8.15. The van der Waals surface area contributed by atoms with E-state index in [9.17, 15) is 9.59 Å².